The first-order valence-corrected chi connectivity index (χ1v) is 6.76. The molecule has 0 spiro atoms. The summed E-state index contributed by atoms with van der Waals surface area (Å²) in [6.07, 6.45) is 1.60. The van der Waals surface area contributed by atoms with Crippen molar-refractivity contribution in [3.05, 3.63) is 53.9 Å². The van der Waals surface area contributed by atoms with E-state index in [1.807, 2.05) is 42.3 Å². The molecule has 6 heteroatoms. The van der Waals surface area contributed by atoms with Gasteiger partial charge in [-0.2, -0.15) is 0 Å². The minimum Gasteiger partial charge on any atom is -0.389 e. The second-order valence-corrected chi connectivity index (χ2v) is 4.86. The monoisotopic (exact) mass is 300 g/mol. The molecule has 2 aromatic rings. The van der Waals surface area contributed by atoms with Crippen LogP contribution >= 0.6 is 12.2 Å². The van der Waals surface area contributed by atoms with Gasteiger partial charge in [-0.15, -0.1) is 0 Å². The van der Waals surface area contributed by atoms with E-state index < -0.39 is 0 Å². The Labute approximate surface area is 128 Å². The Balaban J connectivity index is 2.43. The number of hydrogen-bond acceptors (Lipinski definition) is 4. The lowest BCUT2D eigenvalue weighted by atomic mass is 10.1. The molecule has 0 aliphatic carbocycles. The van der Waals surface area contributed by atoms with Gasteiger partial charge in [-0.25, -0.2) is 0 Å². The third kappa shape index (κ3) is 3.17. The van der Waals surface area contributed by atoms with Crippen LogP contribution in [0.5, 0.6) is 0 Å². The number of hydrogen-bond donors (Lipinski definition) is 2. The van der Waals surface area contributed by atoms with Crippen molar-refractivity contribution in [1.29, 1.82) is 0 Å². The molecule has 1 amide bonds. The summed E-state index contributed by atoms with van der Waals surface area (Å²) in [4.78, 5) is 18.0. The van der Waals surface area contributed by atoms with Crippen molar-refractivity contribution in [2.45, 2.75) is 0 Å². The van der Waals surface area contributed by atoms with Gasteiger partial charge in [0.1, 0.15) is 10.7 Å². The fourth-order valence-corrected chi connectivity index (χ4v) is 2.17. The summed E-state index contributed by atoms with van der Waals surface area (Å²) in [6, 6.07) is 11.1. The molecule has 0 unspecified atom stereocenters. The molecular formula is C15H16N4OS. The fourth-order valence-electron chi connectivity index (χ4n) is 1.99. The smallest absolute Gasteiger partial charge is 0.269 e. The Bertz CT molecular complexity index is 687. The van der Waals surface area contributed by atoms with E-state index in [-0.39, 0.29) is 5.91 Å². The Morgan fingerprint density at radius 3 is 2.71 bits per heavy atom. The lowest BCUT2D eigenvalue weighted by molar-refractivity contribution is 0.0958. The van der Waals surface area contributed by atoms with Crippen molar-refractivity contribution >= 4 is 34.5 Å². The minimum absolute atomic E-state index is 0.229. The molecule has 1 heterocycles. The van der Waals surface area contributed by atoms with Gasteiger partial charge in [-0.3, -0.25) is 9.78 Å². The number of aromatic nitrogens is 1. The number of carbonyl (C=O) groups excluding carboxylic acids is 1. The van der Waals surface area contributed by atoms with E-state index in [1.165, 1.54) is 0 Å². The average molecular weight is 300 g/mol. The van der Waals surface area contributed by atoms with Crippen LogP contribution in [0, 0.1) is 0 Å². The van der Waals surface area contributed by atoms with E-state index in [0.29, 0.717) is 10.7 Å². The molecule has 21 heavy (non-hydrogen) atoms. The van der Waals surface area contributed by atoms with Crippen LogP contribution in [0.2, 0.25) is 0 Å². The number of carbonyl (C=O) groups is 1. The number of nitrogens with two attached hydrogens (primary N) is 1. The molecule has 0 aliphatic heterocycles. The van der Waals surface area contributed by atoms with Crippen molar-refractivity contribution in [1.82, 2.24) is 10.3 Å². The van der Waals surface area contributed by atoms with E-state index in [9.17, 15) is 4.79 Å². The predicted octanol–water partition coefficient (Wildman–Crippen LogP) is 1.84. The Hall–Kier alpha value is -2.47. The summed E-state index contributed by atoms with van der Waals surface area (Å²) in [6.45, 7) is 0. The van der Waals surface area contributed by atoms with Gasteiger partial charge in [0, 0.05) is 31.5 Å². The summed E-state index contributed by atoms with van der Waals surface area (Å²) in [5.74, 6) is -0.229. The maximum atomic E-state index is 11.7. The van der Waals surface area contributed by atoms with Gasteiger partial charge in [-0.1, -0.05) is 24.4 Å². The molecule has 3 N–H and O–H groups in total. The highest BCUT2D eigenvalue weighted by Gasteiger charge is 2.13. The number of anilines is 2. The van der Waals surface area contributed by atoms with Gasteiger partial charge in [0.05, 0.1) is 5.69 Å². The maximum Gasteiger partial charge on any atom is 0.269 e. The van der Waals surface area contributed by atoms with Crippen LogP contribution in [0.15, 0.2) is 42.6 Å². The van der Waals surface area contributed by atoms with Crippen LogP contribution < -0.4 is 16.0 Å². The van der Waals surface area contributed by atoms with Crippen LogP contribution in [0.25, 0.3) is 0 Å². The van der Waals surface area contributed by atoms with Gasteiger partial charge in [0.15, 0.2) is 0 Å². The van der Waals surface area contributed by atoms with Gasteiger partial charge >= 0.3 is 0 Å². The topological polar surface area (TPSA) is 71.2 Å². The second-order valence-electron chi connectivity index (χ2n) is 4.42. The van der Waals surface area contributed by atoms with Crippen molar-refractivity contribution in [3.63, 3.8) is 0 Å². The van der Waals surface area contributed by atoms with Crippen molar-refractivity contribution in [2.24, 2.45) is 5.73 Å². The molecule has 0 aliphatic rings. The van der Waals surface area contributed by atoms with E-state index in [1.54, 1.807) is 19.3 Å². The Morgan fingerprint density at radius 2 is 2.05 bits per heavy atom. The normalized spacial score (nSPS) is 10.0. The minimum atomic E-state index is -0.229. The number of thiocarbonyl (C=S) groups is 1. The fraction of sp³-hybridized carbons (Fsp3) is 0.133. The largest absolute Gasteiger partial charge is 0.389 e. The molecule has 0 saturated carbocycles. The number of amides is 1. The second kappa shape index (κ2) is 6.32. The molecule has 5 nitrogen and oxygen atoms in total. The number of benzene rings is 1. The van der Waals surface area contributed by atoms with E-state index >= 15 is 0 Å². The molecule has 0 bridgehead atoms. The van der Waals surface area contributed by atoms with Gasteiger partial charge in [0.2, 0.25) is 0 Å². The average Bonchev–Trinajstić information content (AvgIpc) is 2.53. The third-order valence-corrected chi connectivity index (χ3v) is 3.34. The Kier molecular flexibility index (Phi) is 4.49. The molecule has 1 aromatic carbocycles. The summed E-state index contributed by atoms with van der Waals surface area (Å²) < 4.78 is 0. The number of nitrogens with zero attached hydrogens (tertiary/aromatic N) is 2. The Morgan fingerprint density at radius 1 is 1.33 bits per heavy atom. The highest BCUT2D eigenvalue weighted by Crippen LogP contribution is 2.27. The molecule has 0 saturated heterocycles. The quantitative estimate of drug-likeness (QED) is 0.843. The number of nitrogens with one attached hydrogen (secondary N) is 1. The SMILES string of the molecule is CNC(=O)c1cc(N(C)c2ccccc2C(N)=S)ccn1. The zero-order chi connectivity index (χ0) is 15.4. The summed E-state index contributed by atoms with van der Waals surface area (Å²) >= 11 is 5.08. The summed E-state index contributed by atoms with van der Waals surface area (Å²) in [5.41, 5.74) is 8.60. The van der Waals surface area contributed by atoms with Crippen LogP contribution in [0.4, 0.5) is 11.4 Å². The van der Waals surface area contributed by atoms with E-state index in [2.05, 4.69) is 10.3 Å². The number of rotatable bonds is 4. The molecular weight excluding hydrogens is 284 g/mol. The highest BCUT2D eigenvalue weighted by molar-refractivity contribution is 7.80. The zero-order valence-corrected chi connectivity index (χ0v) is 12.6. The molecule has 1 aromatic heterocycles. The lowest BCUT2D eigenvalue weighted by Crippen LogP contribution is -2.21. The first kappa shape index (κ1) is 14.9. The lowest BCUT2D eigenvalue weighted by Gasteiger charge is -2.22. The van der Waals surface area contributed by atoms with E-state index in [4.69, 9.17) is 18.0 Å². The van der Waals surface area contributed by atoms with Crippen LogP contribution in [-0.4, -0.2) is 30.0 Å². The van der Waals surface area contributed by atoms with Crippen molar-refractivity contribution in [3.8, 4) is 0 Å². The highest BCUT2D eigenvalue weighted by atomic mass is 32.1. The number of para-hydroxylation sites is 1. The first-order valence-electron chi connectivity index (χ1n) is 6.35. The predicted molar refractivity (Wildman–Crippen MR) is 88.0 cm³/mol. The van der Waals surface area contributed by atoms with Crippen molar-refractivity contribution in [2.75, 3.05) is 19.0 Å². The van der Waals surface area contributed by atoms with Crippen LogP contribution in [-0.2, 0) is 0 Å². The van der Waals surface area contributed by atoms with Gasteiger partial charge in [0.25, 0.3) is 5.91 Å². The molecule has 108 valence electrons. The maximum absolute atomic E-state index is 11.7. The summed E-state index contributed by atoms with van der Waals surface area (Å²) in [7, 11) is 3.46. The first-order chi connectivity index (χ1) is 10.0. The number of pyridine rings is 1. The molecule has 0 atom stereocenters. The van der Waals surface area contributed by atoms with Gasteiger partial charge < -0.3 is 16.0 Å². The summed E-state index contributed by atoms with van der Waals surface area (Å²) in [5, 5.41) is 2.56. The van der Waals surface area contributed by atoms with Crippen LogP contribution in [0.1, 0.15) is 16.1 Å². The van der Waals surface area contributed by atoms with Crippen LogP contribution in [0.3, 0.4) is 0 Å². The van der Waals surface area contributed by atoms with Gasteiger partial charge in [-0.05, 0) is 24.3 Å². The molecule has 2 rings (SSSR count). The van der Waals surface area contributed by atoms with Crippen molar-refractivity contribution < 1.29 is 4.79 Å². The van der Waals surface area contributed by atoms with E-state index in [0.717, 1.165) is 16.9 Å². The zero-order valence-electron chi connectivity index (χ0n) is 11.8. The molecule has 0 radical (unpaired) electrons. The standard InChI is InChI=1S/C15H16N4OS/c1-17-15(20)12-9-10(7-8-18-12)19(2)13-6-4-3-5-11(13)14(16)21/h3-9H,1-2H3,(H2,16,21)(H,17,20). The molecule has 0 fully saturated rings. The third-order valence-electron chi connectivity index (χ3n) is 3.12.